The van der Waals surface area contributed by atoms with E-state index in [1.807, 2.05) is 6.07 Å². The van der Waals surface area contributed by atoms with E-state index in [2.05, 4.69) is 5.92 Å². The molecule has 0 heterocycles. The third-order valence-corrected chi connectivity index (χ3v) is 2.20. The van der Waals surface area contributed by atoms with Gasteiger partial charge in [-0.15, -0.1) is 6.42 Å². The molecule has 0 spiro atoms. The number of hydrogen-bond donors (Lipinski definition) is 0. The van der Waals surface area contributed by atoms with E-state index in [1.54, 1.807) is 26.0 Å². The largest absolute Gasteiger partial charge is 0.474 e. The lowest BCUT2D eigenvalue weighted by Gasteiger charge is -2.21. The molecule has 0 aromatic heterocycles. The predicted octanol–water partition coefficient (Wildman–Crippen LogP) is 2.55. The molecule has 86 valence electrons. The quantitative estimate of drug-likeness (QED) is 0.589. The number of Topliss-reactive ketones (excluding diaryl/α,β-unsaturated/α-hetero) is 1. The van der Waals surface area contributed by atoms with E-state index in [0.29, 0.717) is 16.9 Å². The minimum absolute atomic E-state index is 0.127. The number of benzene rings is 1. The Labute approximate surface area is 101 Å². The summed E-state index contributed by atoms with van der Waals surface area (Å²) in [4.78, 5) is 11.4. The maximum atomic E-state index is 11.4. The molecule has 17 heavy (non-hydrogen) atoms. The Morgan fingerprint density at radius 3 is 2.59 bits per heavy atom. The molecule has 0 bridgehead atoms. The monoisotopic (exact) mass is 227 g/mol. The van der Waals surface area contributed by atoms with Crippen molar-refractivity contribution in [2.75, 3.05) is 0 Å². The molecule has 0 saturated heterocycles. The van der Waals surface area contributed by atoms with Crippen molar-refractivity contribution in [1.29, 1.82) is 5.26 Å². The van der Waals surface area contributed by atoms with Crippen LogP contribution in [0.5, 0.6) is 5.75 Å². The predicted molar refractivity (Wildman–Crippen MR) is 64.7 cm³/mol. The van der Waals surface area contributed by atoms with Crippen molar-refractivity contribution >= 4 is 5.78 Å². The summed E-state index contributed by atoms with van der Waals surface area (Å²) in [6.45, 7) is 4.88. The van der Waals surface area contributed by atoms with Gasteiger partial charge in [0.25, 0.3) is 0 Å². The van der Waals surface area contributed by atoms with E-state index in [0.717, 1.165) is 0 Å². The number of nitriles is 1. The second-order valence-corrected chi connectivity index (χ2v) is 4.14. The summed E-state index contributed by atoms with van der Waals surface area (Å²) in [6.07, 6.45) is 5.33. The van der Waals surface area contributed by atoms with Crippen LogP contribution >= 0.6 is 0 Å². The van der Waals surface area contributed by atoms with E-state index in [4.69, 9.17) is 16.4 Å². The normalized spacial score (nSPS) is 10.2. The molecule has 0 aliphatic carbocycles. The average molecular weight is 227 g/mol. The SMILES string of the molecule is C#CC(C)(C)Oc1cc(C#N)ccc1C(C)=O. The van der Waals surface area contributed by atoms with Crippen molar-refractivity contribution < 1.29 is 9.53 Å². The zero-order chi connectivity index (χ0) is 13.1. The van der Waals surface area contributed by atoms with Crippen LogP contribution < -0.4 is 4.74 Å². The van der Waals surface area contributed by atoms with Gasteiger partial charge in [-0.05, 0) is 39.0 Å². The summed E-state index contributed by atoms with van der Waals surface area (Å²) in [5.41, 5.74) is 0.0308. The first-order chi connectivity index (χ1) is 7.89. The van der Waals surface area contributed by atoms with Gasteiger partial charge in [0.15, 0.2) is 11.4 Å². The summed E-state index contributed by atoms with van der Waals surface area (Å²) in [6, 6.07) is 6.67. The lowest BCUT2D eigenvalue weighted by Crippen LogP contribution is -2.26. The van der Waals surface area contributed by atoms with Gasteiger partial charge in [-0.2, -0.15) is 5.26 Å². The van der Waals surface area contributed by atoms with E-state index < -0.39 is 5.60 Å². The van der Waals surface area contributed by atoms with Crippen molar-refractivity contribution in [2.45, 2.75) is 26.4 Å². The Morgan fingerprint density at radius 1 is 1.47 bits per heavy atom. The van der Waals surface area contributed by atoms with Crippen molar-refractivity contribution in [1.82, 2.24) is 0 Å². The molecule has 0 atom stereocenters. The number of ketones is 1. The van der Waals surface area contributed by atoms with Crippen molar-refractivity contribution in [3.05, 3.63) is 29.3 Å². The highest BCUT2D eigenvalue weighted by Gasteiger charge is 2.19. The number of ether oxygens (including phenoxy) is 1. The molecule has 1 rings (SSSR count). The Balaban J connectivity index is 3.25. The third-order valence-electron chi connectivity index (χ3n) is 2.20. The minimum atomic E-state index is -0.821. The van der Waals surface area contributed by atoms with E-state index in [-0.39, 0.29) is 5.78 Å². The van der Waals surface area contributed by atoms with E-state index >= 15 is 0 Å². The number of rotatable bonds is 3. The zero-order valence-corrected chi connectivity index (χ0v) is 10.1. The number of terminal acetylenes is 1. The highest BCUT2D eigenvalue weighted by molar-refractivity contribution is 5.97. The van der Waals surface area contributed by atoms with Gasteiger partial charge < -0.3 is 4.74 Å². The molecule has 1 aromatic carbocycles. The van der Waals surface area contributed by atoms with Gasteiger partial charge in [-0.3, -0.25) is 4.79 Å². The molecule has 3 nitrogen and oxygen atoms in total. The fraction of sp³-hybridized carbons (Fsp3) is 0.286. The van der Waals surface area contributed by atoms with Crippen LogP contribution in [0.2, 0.25) is 0 Å². The zero-order valence-electron chi connectivity index (χ0n) is 10.1. The second kappa shape index (κ2) is 4.72. The molecule has 0 radical (unpaired) electrons. The molecular weight excluding hydrogens is 214 g/mol. The Morgan fingerprint density at radius 2 is 2.12 bits per heavy atom. The van der Waals surface area contributed by atoms with Gasteiger partial charge in [0, 0.05) is 0 Å². The van der Waals surface area contributed by atoms with Gasteiger partial charge in [0.05, 0.1) is 17.2 Å². The van der Waals surface area contributed by atoms with Gasteiger partial charge in [-0.25, -0.2) is 0 Å². The molecule has 0 N–H and O–H groups in total. The number of carbonyl (C=O) groups is 1. The minimum Gasteiger partial charge on any atom is -0.474 e. The van der Waals surface area contributed by atoms with Crippen LogP contribution in [-0.4, -0.2) is 11.4 Å². The smallest absolute Gasteiger partial charge is 0.163 e. The second-order valence-electron chi connectivity index (χ2n) is 4.14. The highest BCUT2D eigenvalue weighted by Crippen LogP contribution is 2.25. The molecule has 1 aromatic rings. The van der Waals surface area contributed by atoms with Gasteiger partial charge in [-0.1, -0.05) is 5.92 Å². The summed E-state index contributed by atoms with van der Waals surface area (Å²) in [5.74, 6) is 2.70. The summed E-state index contributed by atoms with van der Waals surface area (Å²) in [5, 5.41) is 8.82. The Bertz CT molecular complexity index is 530. The molecule has 0 unspecified atom stereocenters. The van der Waals surface area contributed by atoms with Crippen LogP contribution in [0.4, 0.5) is 0 Å². The van der Waals surface area contributed by atoms with Crippen LogP contribution in [0.25, 0.3) is 0 Å². The standard InChI is InChI=1S/C14H13NO2/c1-5-14(3,4)17-13-8-11(9-15)6-7-12(13)10(2)16/h1,6-8H,2-4H3. The van der Waals surface area contributed by atoms with Crippen molar-refractivity contribution in [2.24, 2.45) is 0 Å². The topological polar surface area (TPSA) is 50.1 Å². The molecule has 0 aliphatic heterocycles. The van der Waals surface area contributed by atoms with Crippen LogP contribution in [-0.2, 0) is 0 Å². The van der Waals surface area contributed by atoms with Crippen LogP contribution in [0.15, 0.2) is 18.2 Å². The summed E-state index contributed by atoms with van der Waals surface area (Å²) in [7, 11) is 0. The fourth-order valence-corrected chi connectivity index (χ4v) is 1.27. The maximum Gasteiger partial charge on any atom is 0.163 e. The molecule has 3 heteroatoms. The Kier molecular flexibility index (Phi) is 3.55. The number of hydrogen-bond acceptors (Lipinski definition) is 3. The van der Waals surface area contributed by atoms with Crippen molar-refractivity contribution in [3.63, 3.8) is 0 Å². The lowest BCUT2D eigenvalue weighted by molar-refractivity contribution is 0.100. The molecule has 0 fully saturated rings. The molecular formula is C14H13NO2. The van der Waals surface area contributed by atoms with Crippen LogP contribution in [0.3, 0.4) is 0 Å². The molecule has 0 saturated carbocycles. The number of carbonyl (C=O) groups excluding carboxylic acids is 1. The van der Waals surface area contributed by atoms with Crippen LogP contribution in [0.1, 0.15) is 36.7 Å². The van der Waals surface area contributed by atoms with Gasteiger partial charge in [0.2, 0.25) is 0 Å². The molecule has 0 amide bonds. The first-order valence-corrected chi connectivity index (χ1v) is 5.11. The summed E-state index contributed by atoms with van der Waals surface area (Å²) < 4.78 is 5.58. The van der Waals surface area contributed by atoms with E-state index in [1.165, 1.54) is 13.0 Å². The van der Waals surface area contributed by atoms with E-state index in [9.17, 15) is 4.79 Å². The van der Waals surface area contributed by atoms with Gasteiger partial charge >= 0.3 is 0 Å². The lowest BCUT2D eigenvalue weighted by atomic mass is 10.1. The first-order valence-electron chi connectivity index (χ1n) is 5.11. The Hall–Kier alpha value is -2.26. The van der Waals surface area contributed by atoms with Gasteiger partial charge in [0.1, 0.15) is 5.75 Å². The average Bonchev–Trinajstić information content (AvgIpc) is 2.28. The fourth-order valence-electron chi connectivity index (χ4n) is 1.27. The van der Waals surface area contributed by atoms with Crippen LogP contribution in [0, 0.1) is 23.7 Å². The maximum absolute atomic E-state index is 11.4. The van der Waals surface area contributed by atoms with Crippen molar-refractivity contribution in [3.8, 4) is 24.2 Å². The first kappa shape index (κ1) is 12.8. The highest BCUT2D eigenvalue weighted by atomic mass is 16.5. The third kappa shape index (κ3) is 3.09. The molecule has 0 aliphatic rings. The number of nitrogens with zero attached hydrogens (tertiary/aromatic N) is 1. The summed E-state index contributed by atoms with van der Waals surface area (Å²) >= 11 is 0.